The average Bonchev–Trinajstić information content (AvgIpc) is 2.45. The number of nitrogens with zero attached hydrogens (tertiary/aromatic N) is 2. The molecule has 0 aliphatic carbocycles. The summed E-state index contributed by atoms with van der Waals surface area (Å²) in [4.78, 5) is 0. The molecule has 0 amide bonds. The van der Waals surface area contributed by atoms with Gasteiger partial charge in [-0.15, -0.1) is 0 Å². The van der Waals surface area contributed by atoms with Crippen molar-refractivity contribution in [2.45, 2.75) is 6.42 Å². The van der Waals surface area contributed by atoms with Crippen LogP contribution in [0.25, 0.3) is 10.9 Å². The Balaban J connectivity index is 2.73. The van der Waals surface area contributed by atoms with E-state index in [9.17, 15) is 0 Å². The summed E-state index contributed by atoms with van der Waals surface area (Å²) in [7, 11) is 1.90. The van der Waals surface area contributed by atoms with E-state index in [-0.39, 0.29) is 6.61 Å². The summed E-state index contributed by atoms with van der Waals surface area (Å²) < 4.78 is 2.86. The molecule has 0 radical (unpaired) electrons. The normalized spacial score (nSPS) is 11.1. The second-order valence-electron chi connectivity index (χ2n) is 3.18. The highest BCUT2D eigenvalue weighted by molar-refractivity contribution is 9.10. The van der Waals surface area contributed by atoms with E-state index in [2.05, 4.69) is 21.0 Å². The molecule has 0 aliphatic rings. The highest BCUT2D eigenvalue weighted by atomic mass is 79.9. The van der Waals surface area contributed by atoms with Crippen molar-refractivity contribution in [2.24, 2.45) is 7.05 Å². The largest absolute Gasteiger partial charge is 0.396 e. The Kier molecular flexibility index (Phi) is 2.56. The van der Waals surface area contributed by atoms with Crippen LogP contribution >= 0.6 is 15.9 Å². The van der Waals surface area contributed by atoms with Gasteiger partial charge in [-0.2, -0.15) is 5.10 Å². The Bertz CT molecular complexity index is 464. The monoisotopic (exact) mass is 254 g/mol. The topological polar surface area (TPSA) is 38.0 Å². The molecule has 1 N–H and O–H groups in total. The van der Waals surface area contributed by atoms with Crippen LogP contribution in [0.15, 0.2) is 22.7 Å². The van der Waals surface area contributed by atoms with E-state index >= 15 is 0 Å². The zero-order valence-corrected chi connectivity index (χ0v) is 9.45. The number of hydrogen-bond donors (Lipinski definition) is 1. The molecule has 3 nitrogen and oxygen atoms in total. The molecule has 2 rings (SSSR count). The highest BCUT2D eigenvalue weighted by Gasteiger charge is 2.10. The summed E-state index contributed by atoms with van der Waals surface area (Å²) >= 11 is 3.50. The molecule has 1 heterocycles. The first-order chi connectivity index (χ1) is 6.74. The van der Waals surface area contributed by atoms with Gasteiger partial charge in [0, 0.05) is 35.6 Å². The number of rotatable bonds is 2. The van der Waals surface area contributed by atoms with Gasteiger partial charge in [0.25, 0.3) is 0 Å². The molecular formula is C10H11BrN2O. The number of hydrogen-bond acceptors (Lipinski definition) is 2. The zero-order chi connectivity index (χ0) is 10.1. The summed E-state index contributed by atoms with van der Waals surface area (Å²) in [6, 6.07) is 5.92. The second kappa shape index (κ2) is 3.71. The molecule has 0 saturated carbocycles. The molecule has 0 fully saturated rings. The zero-order valence-electron chi connectivity index (χ0n) is 7.87. The highest BCUT2D eigenvalue weighted by Crippen LogP contribution is 2.26. The van der Waals surface area contributed by atoms with Crippen molar-refractivity contribution < 1.29 is 5.11 Å². The fourth-order valence-electron chi connectivity index (χ4n) is 1.66. The predicted molar refractivity (Wildman–Crippen MR) is 59.2 cm³/mol. The number of aliphatic hydroxyl groups is 1. The van der Waals surface area contributed by atoms with Crippen LogP contribution in [-0.2, 0) is 13.5 Å². The molecule has 2 aromatic rings. The minimum absolute atomic E-state index is 0.149. The lowest BCUT2D eigenvalue weighted by molar-refractivity contribution is 0.296. The molecule has 4 heteroatoms. The van der Waals surface area contributed by atoms with Crippen molar-refractivity contribution >= 4 is 26.8 Å². The van der Waals surface area contributed by atoms with E-state index in [1.807, 2.05) is 29.9 Å². The van der Waals surface area contributed by atoms with Crippen molar-refractivity contribution in [1.82, 2.24) is 9.78 Å². The molecule has 1 aromatic heterocycles. The molecule has 0 bridgehead atoms. The van der Waals surface area contributed by atoms with Crippen LogP contribution in [-0.4, -0.2) is 21.5 Å². The lowest BCUT2D eigenvalue weighted by atomic mass is 10.2. The number of halogens is 1. The van der Waals surface area contributed by atoms with Crippen molar-refractivity contribution in [2.75, 3.05) is 6.61 Å². The van der Waals surface area contributed by atoms with Gasteiger partial charge in [0.1, 0.15) is 0 Å². The minimum Gasteiger partial charge on any atom is -0.396 e. The van der Waals surface area contributed by atoms with Crippen molar-refractivity contribution in [3.05, 3.63) is 28.4 Å². The van der Waals surface area contributed by atoms with Crippen LogP contribution in [0.4, 0.5) is 0 Å². The second-order valence-corrected chi connectivity index (χ2v) is 4.03. The third-order valence-corrected chi connectivity index (χ3v) is 2.94. The van der Waals surface area contributed by atoms with Crippen LogP contribution in [0.5, 0.6) is 0 Å². The molecule has 1 aromatic carbocycles. The van der Waals surface area contributed by atoms with Gasteiger partial charge in [-0.3, -0.25) is 4.68 Å². The first-order valence-electron chi connectivity index (χ1n) is 4.45. The van der Waals surface area contributed by atoms with Gasteiger partial charge in [0.05, 0.1) is 5.52 Å². The Hall–Kier alpha value is -0.870. The van der Waals surface area contributed by atoms with Gasteiger partial charge in [-0.1, -0.05) is 22.0 Å². The Labute approximate surface area is 90.5 Å². The van der Waals surface area contributed by atoms with Gasteiger partial charge in [-0.05, 0) is 12.1 Å². The number of aromatic nitrogens is 2. The molecule has 0 atom stereocenters. The summed E-state index contributed by atoms with van der Waals surface area (Å²) in [5, 5.41) is 14.4. The van der Waals surface area contributed by atoms with Gasteiger partial charge < -0.3 is 5.11 Å². The maximum atomic E-state index is 8.96. The van der Waals surface area contributed by atoms with Gasteiger partial charge in [-0.25, -0.2) is 0 Å². The SMILES string of the molecule is Cn1nc2cccc(Br)c2c1CCO. The standard InChI is InChI=1S/C10H11BrN2O/c1-13-9(5-6-14)10-7(11)3-2-4-8(10)12-13/h2-4,14H,5-6H2,1H3. The fraction of sp³-hybridized carbons (Fsp3) is 0.300. The summed E-state index contributed by atoms with van der Waals surface area (Å²) in [6.45, 7) is 0.149. The molecule has 0 spiro atoms. The molecular weight excluding hydrogens is 244 g/mol. The van der Waals surface area contributed by atoms with Crippen LogP contribution in [0.3, 0.4) is 0 Å². The minimum atomic E-state index is 0.149. The number of benzene rings is 1. The van der Waals surface area contributed by atoms with E-state index in [0.29, 0.717) is 6.42 Å². The number of aliphatic hydroxyl groups excluding tert-OH is 1. The van der Waals surface area contributed by atoms with E-state index in [1.165, 1.54) is 0 Å². The third-order valence-electron chi connectivity index (χ3n) is 2.28. The van der Waals surface area contributed by atoms with E-state index in [4.69, 9.17) is 5.11 Å². The van der Waals surface area contributed by atoms with E-state index in [1.54, 1.807) is 0 Å². The number of fused-ring (bicyclic) bond motifs is 1. The predicted octanol–water partition coefficient (Wildman–Crippen LogP) is 1.87. The molecule has 74 valence electrons. The van der Waals surface area contributed by atoms with Crippen LogP contribution in [0.1, 0.15) is 5.69 Å². The molecule has 0 unspecified atom stereocenters. The maximum Gasteiger partial charge on any atom is 0.0937 e. The van der Waals surface area contributed by atoms with Gasteiger partial charge >= 0.3 is 0 Å². The van der Waals surface area contributed by atoms with Crippen LogP contribution in [0, 0.1) is 0 Å². The third kappa shape index (κ3) is 1.44. The van der Waals surface area contributed by atoms with Gasteiger partial charge in [0.2, 0.25) is 0 Å². The van der Waals surface area contributed by atoms with E-state index in [0.717, 1.165) is 21.1 Å². The summed E-state index contributed by atoms with van der Waals surface area (Å²) in [5.74, 6) is 0. The smallest absolute Gasteiger partial charge is 0.0937 e. The maximum absolute atomic E-state index is 8.96. The summed E-state index contributed by atoms with van der Waals surface area (Å²) in [5.41, 5.74) is 2.03. The van der Waals surface area contributed by atoms with Crippen molar-refractivity contribution in [3.63, 3.8) is 0 Å². The van der Waals surface area contributed by atoms with Crippen LogP contribution in [0.2, 0.25) is 0 Å². The molecule has 14 heavy (non-hydrogen) atoms. The first-order valence-corrected chi connectivity index (χ1v) is 5.24. The molecule has 0 aliphatic heterocycles. The van der Waals surface area contributed by atoms with E-state index < -0.39 is 0 Å². The molecule has 0 saturated heterocycles. The van der Waals surface area contributed by atoms with Crippen molar-refractivity contribution in [3.8, 4) is 0 Å². The fourth-order valence-corrected chi connectivity index (χ4v) is 2.24. The van der Waals surface area contributed by atoms with Crippen molar-refractivity contribution in [1.29, 1.82) is 0 Å². The van der Waals surface area contributed by atoms with Crippen LogP contribution < -0.4 is 0 Å². The lowest BCUT2D eigenvalue weighted by Gasteiger charge is -2.00. The average molecular weight is 255 g/mol. The first kappa shape index (κ1) is 9.68. The summed E-state index contributed by atoms with van der Waals surface area (Å²) in [6.07, 6.45) is 0.635. The number of aryl methyl sites for hydroxylation is 1. The lowest BCUT2D eigenvalue weighted by Crippen LogP contribution is -2.00. The Morgan fingerprint density at radius 1 is 1.50 bits per heavy atom. The Morgan fingerprint density at radius 2 is 2.29 bits per heavy atom. The Morgan fingerprint density at radius 3 is 3.00 bits per heavy atom. The quantitative estimate of drug-likeness (QED) is 0.889. The van der Waals surface area contributed by atoms with Gasteiger partial charge in [0.15, 0.2) is 0 Å².